The topological polar surface area (TPSA) is 103 Å². The van der Waals surface area contributed by atoms with Crippen molar-refractivity contribution in [1.29, 1.82) is 0 Å². The van der Waals surface area contributed by atoms with E-state index in [-0.39, 0.29) is 18.0 Å². The molecule has 2 heterocycles. The lowest BCUT2D eigenvalue weighted by Gasteiger charge is -2.32. The van der Waals surface area contributed by atoms with E-state index >= 15 is 0 Å². The van der Waals surface area contributed by atoms with Crippen molar-refractivity contribution in [2.24, 2.45) is 0 Å². The van der Waals surface area contributed by atoms with Crippen molar-refractivity contribution >= 4 is 21.7 Å². The van der Waals surface area contributed by atoms with Gasteiger partial charge in [-0.05, 0) is 24.1 Å². The van der Waals surface area contributed by atoms with Crippen molar-refractivity contribution in [3.63, 3.8) is 0 Å². The van der Waals surface area contributed by atoms with E-state index in [1.165, 1.54) is 16.6 Å². The third-order valence-electron chi connectivity index (χ3n) is 3.54. The number of nitrogens with zero attached hydrogens (tertiary/aromatic N) is 2. The fourth-order valence-corrected chi connectivity index (χ4v) is 3.95. The van der Waals surface area contributed by atoms with Gasteiger partial charge in [0.25, 0.3) is 10.0 Å². The number of nitrogens with one attached hydrogen (secondary N) is 1. The Hall–Kier alpha value is -2.35. The highest BCUT2D eigenvalue weighted by atomic mass is 32.2. The SMILES string of the molecule is O=C(O)C1CCN(S(=O)(=O)c2ccn[nH]2)c2ccccc21. The first-order chi connectivity index (χ1) is 10.0. The van der Waals surface area contributed by atoms with Crippen LogP contribution in [0.1, 0.15) is 17.9 Å². The van der Waals surface area contributed by atoms with Crippen LogP contribution in [0.2, 0.25) is 0 Å². The number of carbonyl (C=O) groups is 1. The molecule has 2 N–H and O–H groups in total. The van der Waals surface area contributed by atoms with E-state index in [0.29, 0.717) is 11.3 Å². The monoisotopic (exact) mass is 307 g/mol. The van der Waals surface area contributed by atoms with Crippen LogP contribution in [0.3, 0.4) is 0 Å². The van der Waals surface area contributed by atoms with Crippen LogP contribution >= 0.6 is 0 Å². The van der Waals surface area contributed by atoms with Crippen LogP contribution in [-0.2, 0) is 14.8 Å². The minimum Gasteiger partial charge on any atom is -0.481 e. The van der Waals surface area contributed by atoms with E-state index in [1.54, 1.807) is 24.3 Å². The summed E-state index contributed by atoms with van der Waals surface area (Å²) in [6, 6.07) is 8.06. The summed E-state index contributed by atoms with van der Waals surface area (Å²) >= 11 is 0. The van der Waals surface area contributed by atoms with Crippen molar-refractivity contribution < 1.29 is 18.3 Å². The zero-order chi connectivity index (χ0) is 15.0. The average Bonchev–Trinajstić information content (AvgIpc) is 3.00. The normalized spacial score (nSPS) is 18.3. The quantitative estimate of drug-likeness (QED) is 0.886. The van der Waals surface area contributed by atoms with Gasteiger partial charge < -0.3 is 5.11 Å². The van der Waals surface area contributed by atoms with Crippen LogP contribution in [0, 0.1) is 0 Å². The van der Waals surface area contributed by atoms with Crippen LogP contribution in [0.5, 0.6) is 0 Å². The Balaban J connectivity index is 2.10. The lowest BCUT2D eigenvalue weighted by Crippen LogP contribution is -2.38. The highest BCUT2D eigenvalue weighted by Gasteiger charge is 2.36. The number of sulfonamides is 1. The van der Waals surface area contributed by atoms with Gasteiger partial charge in [-0.2, -0.15) is 13.5 Å². The van der Waals surface area contributed by atoms with Crippen molar-refractivity contribution in [2.45, 2.75) is 17.4 Å². The number of aromatic nitrogens is 2. The molecule has 1 aromatic heterocycles. The van der Waals surface area contributed by atoms with Crippen molar-refractivity contribution in [3.05, 3.63) is 42.1 Å². The molecule has 0 radical (unpaired) electrons. The molecular weight excluding hydrogens is 294 g/mol. The Morgan fingerprint density at radius 1 is 1.33 bits per heavy atom. The maximum atomic E-state index is 12.6. The van der Waals surface area contributed by atoms with Crippen LogP contribution < -0.4 is 4.31 Å². The molecule has 8 heteroatoms. The Labute approximate surface area is 121 Å². The molecule has 0 amide bonds. The van der Waals surface area contributed by atoms with Crippen LogP contribution in [0.4, 0.5) is 5.69 Å². The Kier molecular flexibility index (Phi) is 3.17. The molecule has 1 unspecified atom stereocenters. The van der Waals surface area contributed by atoms with Gasteiger partial charge >= 0.3 is 5.97 Å². The average molecular weight is 307 g/mol. The standard InChI is InChI=1S/C13H13N3O4S/c17-13(18)10-6-8-16(11-4-2-1-3-9(10)11)21(19,20)12-5-7-14-15-12/h1-5,7,10H,6,8H2,(H,14,15)(H,17,18). The van der Waals surface area contributed by atoms with Crippen molar-refractivity contribution in [1.82, 2.24) is 10.2 Å². The zero-order valence-electron chi connectivity index (χ0n) is 10.9. The molecule has 0 bridgehead atoms. The van der Waals surface area contributed by atoms with Crippen LogP contribution in [0.25, 0.3) is 0 Å². The second-order valence-electron chi connectivity index (χ2n) is 4.74. The summed E-state index contributed by atoms with van der Waals surface area (Å²) in [7, 11) is -3.76. The first-order valence-electron chi connectivity index (χ1n) is 6.35. The van der Waals surface area contributed by atoms with E-state index in [1.807, 2.05) is 0 Å². The molecule has 21 heavy (non-hydrogen) atoms. The Morgan fingerprint density at radius 2 is 2.10 bits per heavy atom. The third-order valence-corrected chi connectivity index (χ3v) is 5.29. The zero-order valence-corrected chi connectivity index (χ0v) is 11.7. The van der Waals surface area contributed by atoms with E-state index in [4.69, 9.17) is 0 Å². The third kappa shape index (κ3) is 2.17. The van der Waals surface area contributed by atoms with Gasteiger partial charge in [0.2, 0.25) is 0 Å². The van der Waals surface area contributed by atoms with E-state index in [0.717, 1.165) is 0 Å². The predicted molar refractivity (Wildman–Crippen MR) is 74.6 cm³/mol. The van der Waals surface area contributed by atoms with E-state index in [9.17, 15) is 18.3 Å². The molecule has 1 atom stereocenters. The number of carboxylic acid groups (broad SMARTS) is 1. The number of hydrogen-bond donors (Lipinski definition) is 2. The van der Waals surface area contributed by atoms with Gasteiger partial charge in [0.05, 0.1) is 17.8 Å². The summed E-state index contributed by atoms with van der Waals surface area (Å²) in [5, 5.41) is 15.4. The number of H-pyrrole nitrogens is 1. The number of anilines is 1. The van der Waals surface area contributed by atoms with Gasteiger partial charge in [-0.1, -0.05) is 18.2 Å². The Morgan fingerprint density at radius 3 is 2.76 bits per heavy atom. The largest absolute Gasteiger partial charge is 0.481 e. The summed E-state index contributed by atoms with van der Waals surface area (Å²) in [6.45, 7) is 0.120. The molecule has 1 aromatic carbocycles. The van der Waals surface area contributed by atoms with Crippen molar-refractivity contribution in [3.8, 4) is 0 Å². The molecule has 0 saturated heterocycles. The maximum Gasteiger partial charge on any atom is 0.311 e. The molecule has 0 spiro atoms. The molecule has 7 nitrogen and oxygen atoms in total. The van der Waals surface area contributed by atoms with Gasteiger partial charge in [0.1, 0.15) is 0 Å². The molecule has 0 saturated carbocycles. The lowest BCUT2D eigenvalue weighted by atomic mass is 9.91. The minimum absolute atomic E-state index is 0.00826. The fraction of sp³-hybridized carbons (Fsp3) is 0.231. The number of aliphatic carboxylic acids is 1. The van der Waals surface area contributed by atoms with Crippen LogP contribution in [-0.4, -0.2) is 36.2 Å². The lowest BCUT2D eigenvalue weighted by molar-refractivity contribution is -0.139. The summed E-state index contributed by atoms with van der Waals surface area (Å²) < 4.78 is 26.4. The number of benzene rings is 1. The van der Waals surface area contributed by atoms with Crippen LogP contribution in [0.15, 0.2) is 41.6 Å². The summed E-state index contributed by atoms with van der Waals surface area (Å²) in [6.07, 6.45) is 1.60. The van der Waals surface area contributed by atoms with E-state index in [2.05, 4.69) is 10.2 Å². The smallest absolute Gasteiger partial charge is 0.311 e. The van der Waals surface area contributed by atoms with Crippen molar-refractivity contribution in [2.75, 3.05) is 10.8 Å². The second-order valence-corrected chi connectivity index (χ2v) is 6.57. The number of hydrogen-bond acceptors (Lipinski definition) is 4. The summed E-state index contributed by atoms with van der Waals surface area (Å²) in [4.78, 5) is 11.3. The molecule has 110 valence electrons. The molecule has 1 aliphatic heterocycles. The van der Waals surface area contributed by atoms with Gasteiger partial charge in [0, 0.05) is 6.54 Å². The second kappa shape index (κ2) is 4.88. The molecule has 3 rings (SSSR count). The molecule has 0 aliphatic carbocycles. The molecule has 0 fully saturated rings. The molecule has 1 aliphatic rings. The highest BCUT2D eigenvalue weighted by Crippen LogP contribution is 2.37. The van der Waals surface area contributed by atoms with E-state index < -0.39 is 21.9 Å². The summed E-state index contributed by atoms with van der Waals surface area (Å²) in [5.41, 5.74) is 0.921. The number of para-hydroxylation sites is 1. The molecule has 2 aromatic rings. The Bertz CT molecular complexity index is 770. The molecular formula is C13H13N3O4S. The van der Waals surface area contributed by atoms with Gasteiger partial charge in [-0.15, -0.1) is 0 Å². The number of aromatic amines is 1. The number of fused-ring (bicyclic) bond motifs is 1. The number of rotatable bonds is 3. The van der Waals surface area contributed by atoms with Gasteiger partial charge in [-0.25, -0.2) is 0 Å². The number of carboxylic acids is 1. The predicted octanol–water partition coefficient (Wildman–Crippen LogP) is 1.18. The minimum atomic E-state index is -3.76. The highest BCUT2D eigenvalue weighted by molar-refractivity contribution is 7.92. The fourth-order valence-electron chi connectivity index (χ4n) is 2.54. The maximum absolute atomic E-state index is 12.6. The summed E-state index contributed by atoms with van der Waals surface area (Å²) in [5.74, 6) is -1.63. The van der Waals surface area contributed by atoms with Gasteiger partial charge in [-0.3, -0.25) is 14.2 Å². The first-order valence-corrected chi connectivity index (χ1v) is 7.79. The first kappa shape index (κ1) is 13.6. The van der Waals surface area contributed by atoms with Gasteiger partial charge in [0.15, 0.2) is 5.03 Å².